The molecular weight excluding hydrogens is 347 g/mol. The molecule has 0 atom stereocenters. The van der Waals surface area contributed by atoms with Crippen LogP contribution in [0.5, 0.6) is 0 Å². The van der Waals surface area contributed by atoms with Gasteiger partial charge in [-0.2, -0.15) is 0 Å². The molecule has 4 nitrogen and oxygen atoms in total. The van der Waals surface area contributed by atoms with Crippen molar-refractivity contribution in [3.05, 3.63) is 0 Å². The average Bonchev–Trinajstić information content (AvgIpc) is 2.64. The molecular formula is C21H35O4P. The first-order chi connectivity index (χ1) is 12.3. The Morgan fingerprint density at radius 2 is 0.808 bits per heavy atom. The molecule has 0 aromatic heterocycles. The Morgan fingerprint density at radius 1 is 0.538 bits per heavy atom. The van der Waals surface area contributed by atoms with Crippen molar-refractivity contribution in [1.82, 2.24) is 0 Å². The van der Waals surface area contributed by atoms with Gasteiger partial charge in [-0.05, 0) is 0 Å². The van der Waals surface area contributed by atoms with Crippen molar-refractivity contribution in [3.8, 4) is 0 Å². The molecule has 0 radical (unpaired) electrons. The molecule has 2 saturated heterocycles. The standard InChI is InChI=1S/C21H35O4P/c1-6-11-20(12-7-2)16(22)26(15-10-5,17(20)23)18(24)21(13-8-3,14-9-4)19(26)25/h6-15H2,1-5H3. The van der Waals surface area contributed by atoms with Gasteiger partial charge in [0.15, 0.2) is 0 Å². The fourth-order valence-electron chi connectivity index (χ4n) is 6.19. The second kappa shape index (κ2) is 6.93. The van der Waals surface area contributed by atoms with E-state index in [0.29, 0.717) is 57.8 Å². The van der Waals surface area contributed by atoms with Crippen molar-refractivity contribution < 1.29 is 19.2 Å². The Balaban J connectivity index is 2.64. The summed E-state index contributed by atoms with van der Waals surface area (Å²) in [5.41, 5.74) is -3.00. The summed E-state index contributed by atoms with van der Waals surface area (Å²) in [6, 6.07) is 0. The summed E-state index contributed by atoms with van der Waals surface area (Å²) in [5.74, 6) is 0. The van der Waals surface area contributed by atoms with Crippen molar-refractivity contribution >= 4 is 28.7 Å². The second-order valence-corrected chi connectivity index (χ2v) is 13.1. The van der Waals surface area contributed by atoms with Crippen LogP contribution in [0.1, 0.15) is 92.4 Å². The van der Waals surface area contributed by atoms with Crippen molar-refractivity contribution in [1.29, 1.82) is 0 Å². The molecule has 2 aliphatic rings. The zero-order valence-corrected chi connectivity index (χ0v) is 18.0. The topological polar surface area (TPSA) is 68.3 Å². The van der Waals surface area contributed by atoms with Gasteiger partial charge in [0.2, 0.25) is 0 Å². The Morgan fingerprint density at radius 3 is 1.00 bits per heavy atom. The zero-order chi connectivity index (χ0) is 19.8. The molecule has 1 spiro atoms. The molecule has 0 unspecified atom stereocenters. The van der Waals surface area contributed by atoms with Gasteiger partial charge in [-0.3, -0.25) is 0 Å². The van der Waals surface area contributed by atoms with Gasteiger partial charge in [0.25, 0.3) is 0 Å². The minimum absolute atomic E-state index is 0.200. The van der Waals surface area contributed by atoms with E-state index in [-0.39, 0.29) is 28.3 Å². The van der Waals surface area contributed by atoms with Gasteiger partial charge in [0.1, 0.15) is 0 Å². The summed E-state index contributed by atoms with van der Waals surface area (Å²) in [6.07, 6.45) is 5.53. The maximum absolute atomic E-state index is 13.7. The van der Waals surface area contributed by atoms with Crippen LogP contribution in [0.2, 0.25) is 0 Å². The van der Waals surface area contributed by atoms with Crippen LogP contribution < -0.4 is 0 Å². The van der Waals surface area contributed by atoms with Crippen LogP contribution in [0, 0.1) is 10.8 Å². The molecule has 0 amide bonds. The third-order valence-electron chi connectivity index (χ3n) is 6.81. The number of hydrogen-bond acceptors (Lipinski definition) is 4. The average molecular weight is 382 g/mol. The normalized spacial score (nSPS) is 26.1. The maximum atomic E-state index is 13.7. The first-order valence-corrected chi connectivity index (χ1v) is 12.9. The summed E-state index contributed by atoms with van der Waals surface area (Å²) >= 11 is 0. The van der Waals surface area contributed by atoms with Crippen molar-refractivity contribution in [3.63, 3.8) is 0 Å². The molecule has 2 fully saturated rings. The molecule has 148 valence electrons. The molecule has 2 rings (SSSR count). The van der Waals surface area contributed by atoms with Gasteiger partial charge in [0, 0.05) is 0 Å². The van der Waals surface area contributed by atoms with Gasteiger partial charge >= 0.3 is 157 Å². The summed E-state index contributed by atoms with van der Waals surface area (Å²) in [6.45, 7) is 5.47. The van der Waals surface area contributed by atoms with E-state index in [2.05, 4.69) is 0 Å². The summed E-state index contributed by atoms with van der Waals surface area (Å²) in [4.78, 5) is 54.8. The summed E-state index contributed by atoms with van der Waals surface area (Å²) in [7, 11) is 0. The monoisotopic (exact) mass is 382 g/mol. The quantitative estimate of drug-likeness (QED) is 0.382. The third kappa shape index (κ3) is 1.95. The van der Waals surface area contributed by atoms with E-state index in [1.165, 1.54) is 0 Å². The van der Waals surface area contributed by atoms with E-state index in [1.807, 2.05) is 34.6 Å². The van der Waals surface area contributed by atoms with Crippen LogP contribution in [-0.2, 0) is 19.2 Å². The Kier molecular flexibility index (Phi) is 5.71. The van der Waals surface area contributed by atoms with E-state index in [4.69, 9.17) is 0 Å². The molecule has 0 bridgehead atoms. The van der Waals surface area contributed by atoms with Crippen LogP contribution in [0.3, 0.4) is 0 Å². The molecule has 2 heterocycles. The molecule has 0 aliphatic carbocycles. The van der Waals surface area contributed by atoms with Crippen LogP contribution in [0.25, 0.3) is 0 Å². The van der Waals surface area contributed by atoms with E-state index >= 15 is 0 Å². The fourth-order valence-corrected chi connectivity index (χ4v) is 13.7. The molecule has 26 heavy (non-hydrogen) atoms. The Labute approximate surface area is 157 Å². The minimum atomic E-state index is -4.23. The van der Waals surface area contributed by atoms with Gasteiger partial charge in [-0.1, -0.05) is 0 Å². The molecule has 5 heteroatoms. The number of hydrogen-bond donors (Lipinski definition) is 0. The van der Waals surface area contributed by atoms with Crippen LogP contribution in [-0.4, -0.2) is 28.3 Å². The van der Waals surface area contributed by atoms with Crippen molar-refractivity contribution in [2.75, 3.05) is 6.16 Å². The first kappa shape index (κ1) is 21.4. The van der Waals surface area contributed by atoms with Crippen LogP contribution in [0.4, 0.5) is 0 Å². The van der Waals surface area contributed by atoms with Crippen molar-refractivity contribution in [2.45, 2.75) is 92.4 Å². The third-order valence-corrected chi connectivity index (χ3v) is 13.4. The number of carbonyl (C=O) groups excluding carboxylic acids is 4. The SMILES string of the molecule is CCCC1(CCC)C(=O)P2(CCC)(C1=O)C(=O)C(CCC)(CCC)C2=O. The van der Waals surface area contributed by atoms with Crippen LogP contribution >= 0.6 is 6.60 Å². The zero-order valence-electron chi connectivity index (χ0n) is 17.2. The molecule has 0 N–H and O–H groups in total. The van der Waals surface area contributed by atoms with E-state index < -0.39 is 17.4 Å². The molecule has 0 saturated carbocycles. The van der Waals surface area contributed by atoms with Gasteiger partial charge in [-0.25, -0.2) is 0 Å². The van der Waals surface area contributed by atoms with Gasteiger partial charge < -0.3 is 0 Å². The number of rotatable bonds is 10. The van der Waals surface area contributed by atoms with Gasteiger partial charge in [0.05, 0.1) is 0 Å². The molecule has 2 aliphatic heterocycles. The number of carbonyl (C=O) groups is 4. The van der Waals surface area contributed by atoms with Crippen LogP contribution in [0.15, 0.2) is 0 Å². The summed E-state index contributed by atoms with van der Waals surface area (Å²) < 4.78 is 0. The second-order valence-electron chi connectivity index (χ2n) is 8.41. The molecule has 0 aromatic rings. The van der Waals surface area contributed by atoms with E-state index in [9.17, 15) is 19.2 Å². The van der Waals surface area contributed by atoms with Crippen molar-refractivity contribution in [2.24, 2.45) is 10.8 Å². The first-order valence-electron chi connectivity index (χ1n) is 10.5. The summed E-state index contributed by atoms with van der Waals surface area (Å²) in [5, 5.41) is 0. The Bertz CT molecular complexity index is 541. The van der Waals surface area contributed by atoms with Gasteiger partial charge in [-0.15, -0.1) is 0 Å². The van der Waals surface area contributed by atoms with E-state index in [1.54, 1.807) is 0 Å². The predicted molar refractivity (Wildman–Crippen MR) is 107 cm³/mol. The van der Waals surface area contributed by atoms with E-state index in [0.717, 1.165) is 0 Å². The fraction of sp³-hybridized carbons (Fsp3) is 0.810. The predicted octanol–water partition coefficient (Wildman–Crippen LogP) is 5.26. The Hall–Kier alpha value is -0.890. The molecule has 0 aromatic carbocycles.